The van der Waals surface area contributed by atoms with Crippen molar-refractivity contribution >= 4 is 17.3 Å². The van der Waals surface area contributed by atoms with Crippen molar-refractivity contribution in [1.29, 1.82) is 0 Å². The third kappa shape index (κ3) is 3.57. The largest absolute Gasteiger partial charge is 0.324 e. The van der Waals surface area contributed by atoms with Gasteiger partial charge >= 0.3 is 0 Å². The van der Waals surface area contributed by atoms with Crippen LogP contribution in [0, 0.1) is 10.1 Å². The number of carbonyl (C=O) groups excluding carboxylic acids is 1. The Morgan fingerprint density at radius 3 is 2.68 bits per heavy atom. The fourth-order valence-corrected chi connectivity index (χ4v) is 2.07. The van der Waals surface area contributed by atoms with Gasteiger partial charge in [-0.3, -0.25) is 19.7 Å². The van der Waals surface area contributed by atoms with E-state index in [1.807, 2.05) is 6.92 Å². The molecule has 1 aromatic carbocycles. The molecule has 0 aliphatic carbocycles. The van der Waals surface area contributed by atoms with Crippen molar-refractivity contribution in [3.8, 4) is 0 Å². The van der Waals surface area contributed by atoms with Crippen LogP contribution in [-0.2, 0) is 17.8 Å². The smallest absolute Gasteiger partial charge is 0.273 e. The van der Waals surface area contributed by atoms with E-state index in [1.54, 1.807) is 24.4 Å². The van der Waals surface area contributed by atoms with Crippen molar-refractivity contribution in [2.75, 3.05) is 5.32 Å². The number of nitro benzene ring substituents is 1. The number of anilines is 1. The number of amides is 1. The van der Waals surface area contributed by atoms with Crippen LogP contribution in [-0.4, -0.2) is 15.4 Å². The van der Waals surface area contributed by atoms with Crippen LogP contribution in [0.25, 0.3) is 0 Å². The number of nitro groups is 1. The summed E-state index contributed by atoms with van der Waals surface area (Å²) in [5.41, 5.74) is 0.578. The highest BCUT2D eigenvalue weighted by molar-refractivity contribution is 5.92. The van der Waals surface area contributed by atoms with Crippen molar-refractivity contribution in [2.24, 2.45) is 0 Å². The SMILES string of the molecule is CCn1cc(NC(=O)Cc2ccccc2[N+](=O)[O-])ccc1=O. The predicted octanol–water partition coefficient (Wildman–Crippen LogP) is 1.96. The minimum atomic E-state index is -0.514. The van der Waals surface area contributed by atoms with Crippen LogP contribution < -0.4 is 10.9 Å². The molecule has 0 spiro atoms. The van der Waals surface area contributed by atoms with E-state index in [0.29, 0.717) is 17.8 Å². The minimum Gasteiger partial charge on any atom is -0.324 e. The fraction of sp³-hybridized carbons (Fsp3) is 0.200. The van der Waals surface area contributed by atoms with E-state index in [-0.39, 0.29) is 23.6 Å². The zero-order chi connectivity index (χ0) is 16.1. The lowest BCUT2D eigenvalue weighted by atomic mass is 10.1. The summed E-state index contributed by atoms with van der Waals surface area (Å²) >= 11 is 0. The number of rotatable bonds is 5. The zero-order valence-corrected chi connectivity index (χ0v) is 12.0. The van der Waals surface area contributed by atoms with E-state index in [9.17, 15) is 19.7 Å². The van der Waals surface area contributed by atoms with E-state index in [0.717, 1.165) is 0 Å². The number of pyridine rings is 1. The third-order valence-corrected chi connectivity index (χ3v) is 3.15. The molecule has 22 heavy (non-hydrogen) atoms. The molecular formula is C15H15N3O4. The molecule has 114 valence electrons. The lowest BCUT2D eigenvalue weighted by molar-refractivity contribution is -0.385. The average Bonchev–Trinajstić information content (AvgIpc) is 2.49. The van der Waals surface area contributed by atoms with Gasteiger partial charge < -0.3 is 9.88 Å². The quantitative estimate of drug-likeness (QED) is 0.674. The summed E-state index contributed by atoms with van der Waals surface area (Å²) in [5, 5.41) is 13.6. The second-order valence-electron chi connectivity index (χ2n) is 4.65. The van der Waals surface area contributed by atoms with E-state index < -0.39 is 4.92 Å². The molecule has 2 rings (SSSR count). The minimum absolute atomic E-state index is 0.0869. The summed E-state index contributed by atoms with van der Waals surface area (Å²) in [6.45, 7) is 2.31. The number of benzene rings is 1. The zero-order valence-electron chi connectivity index (χ0n) is 12.0. The lowest BCUT2D eigenvalue weighted by Crippen LogP contribution is -2.20. The van der Waals surface area contributed by atoms with Crippen molar-refractivity contribution in [3.63, 3.8) is 0 Å². The number of hydrogen-bond acceptors (Lipinski definition) is 4. The molecule has 0 fully saturated rings. The van der Waals surface area contributed by atoms with Crippen molar-refractivity contribution in [1.82, 2.24) is 4.57 Å². The van der Waals surface area contributed by atoms with Crippen LogP contribution in [0.5, 0.6) is 0 Å². The molecular weight excluding hydrogens is 286 g/mol. The number of carbonyl (C=O) groups is 1. The Morgan fingerprint density at radius 1 is 1.27 bits per heavy atom. The summed E-state index contributed by atoms with van der Waals surface area (Å²) in [6.07, 6.45) is 1.43. The number of aryl methyl sites for hydroxylation is 1. The highest BCUT2D eigenvalue weighted by atomic mass is 16.6. The summed E-state index contributed by atoms with van der Waals surface area (Å²) in [4.78, 5) is 33.9. The maximum Gasteiger partial charge on any atom is 0.273 e. The first-order valence-electron chi connectivity index (χ1n) is 6.74. The molecule has 1 aromatic heterocycles. The molecule has 7 heteroatoms. The van der Waals surface area contributed by atoms with E-state index in [2.05, 4.69) is 5.32 Å². The van der Waals surface area contributed by atoms with Crippen LogP contribution >= 0.6 is 0 Å². The highest BCUT2D eigenvalue weighted by Gasteiger charge is 2.15. The van der Waals surface area contributed by atoms with Gasteiger partial charge in [-0.2, -0.15) is 0 Å². The van der Waals surface area contributed by atoms with Crippen LogP contribution in [0.1, 0.15) is 12.5 Å². The molecule has 0 atom stereocenters. The van der Waals surface area contributed by atoms with Crippen molar-refractivity contribution < 1.29 is 9.72 Å². The number of nitrogens with zero attached hydrogens (tertiary/aromatic N) is 2. The van der Waals surface area contributed by atoms with Gasteiger partial charge in [0.05, 0.1) is 17.0 Å². The molecule has 2 aromatic rings. The Morgan fingerprint density at radius 2 is 2.00 bits per heavy atom. The van der Waals surface area contributed by atoms with Gasteiger partial charge in [0.15, 0.2) is 0 Å². The molecule has 1 N–H and O–H groups in total. The monoisotopic (exact) mass is 301 g/mol. The summed E-state index contributed by atoms with van der Waals surface area (Å²) in [7, 11) is 0. The van der Waals surface area contributed by atoms with E-state index in [4.69, 9.17) is 0 Å². The number of nitrogens with one attached hydrogen (secondary N) is 1. The maximum absolute atomic E-state index is 12.0. The van der Waals surface area contributed by atoms with Gasteiger partial charge in [-0.05, 0) is 13.0 Å². The Balaban J connectivity index is 2.14. The van der Waals surface area contributed by atoms with Crippen LogP contribution in [0.2, 0.25) is 0 Å². The van der Waals surface area contributed by atoms with Crippen LogP contribution in [0.15, 0.2) is 47.4 Å². The van der Waals surface area contributed by atoms with Gasteiger partial charge in [0.25, 0.3) is 11.2 Å². The Labute approximate surface area is 126 Å². The van der Waals surface area contributed by atoms with Gasteiger partial charge in [0.2, 0.25) is 5.91 Å². The highest BCUT2D eigenvalue weighted by Crippen LogP contribution is 2.18. The Kier molecular flexibility index (Phi) is 4.67. The normalized spacial score (nSPS) is 10.2. The van der Waals surface area contributed by atoms with Crippen molar-refractivity contribution in [3.05, 3.63) is 68.6 Å². The standard InChI is InChI=1S/C15H15N3O4/c1-2-17-10-12(7-8-15(17)20)16-14(19)9-11-5-3-4-6-13(11)18(21)22/h3-8,10H,2,9H2,1H3,(H,16,19). The first kappa shape index (κ1) is 15.4. The Hall–Kier alpha value is -2.96. The molecule has 0 saturated carbocycles. The number of aromatic nitrogens is 1. The van der Waals surface area contributed by atoms with E-state index in [1.165, 1.54) is 22.8 Å². The first-order chi connectivity index (χ1) is 10.5. The molecule has 0 saturated heterocycles. The lowest BCUT2D eigenvalue weighted by Gasteiger charge is -2.08. The second kappa shape index (κ2) is 6.66. The van der Waals surface area contributed by atoms with Crippen LogP contribution in [0.4, 0.5) is 11.4 Å². The molecule has 0 aliphatic rings. The predicted molar refractivity (Wildman–Crippen MR) is 81.8 cm³/mol. The second-order valence-corrected chi connectivity index (χ2v) is 4.65. The molecule has 0 unspecified atom stereocenters. The van der Waals surface area contributed by atoms with E-state index >= 15 is 0 Å². The third-order valence-electron chi connectivity index (χ3n) is 3.15. The molecule has 0 aliphatic heterocycles. The summed E-state index contributed by atoms with van der Waals surface area (Å²) in [6, 6.07) is 8.98. The fourth-order valence-electron chi connectivity index (χ4n) is 2.07. The molecule has 0 radical (unpaired) electrons. The first-order valence-corrected chi connectivity index (χ1v) is 6.74. The molecule has 1 amide bonds. The topological polar surface area (TPSA) is 94.2 Å². The molecule has 0 bridgehead atoms. The molecule has 1 heterocycles. The van der Waals surface area contributed by atoms with Crippen LogP contribution in [0.3, 0.4) is 0 Å². The molecule has 7 nitrogen and oxygen atoms in total. The number of para-hydroxylation sites is 1. The summed E-state index contributed by atoms with van der Waals surface area (Å²) in [5.74, 6) is -0.379. The average molecular weight is 301 g/mol. The van der Waals surface area contributed by atoms with Gasteiger partial charge in [-0.15, -0.1) is 0 Å². The Bertz CT molecular complexity index is 767. The van der Waals surface area contributed by atoms with Gasteiger partial charge in [0.1, 0.15) is 0 Å². The number of hydrogen-bond donors (Lipinski definition) is 1. The maximum atomic E-state index is 12.0. The van der Waals surface area contributed by atoms with Gasteiger partial charge in [-0.25, -0.2) is 0 Å². The van der Waals surface area contributed by atoms with Gasteiger partial charge in [0, 0.05) is 30.4 Å². The van der Waals surface area contributed by atoms with Gasteiger partial charge in [-0.1, -0.05) is 18.2 Å². The summed E-state index contributed by atoms with van der Waals surface area (Å²) < 4.78 is 1.46. The van der Waals surface area contributed by atoms with Crippen molar-refractivity contribution in [2.45, 2.75) is 19.9 Å².